The Morgan fingerprint density at radius 3 is 2.85 bits per heavy atom. The topological polar surface area (TPSA) is 43.8 Å². The van der Waals surface area contributed by atoms with E-state index in [2.05, 4.69) is 16.5 Å². The number of aromatic nitrogens is 2. The van der Waals surface area contributed by atoms with Crippen LogP contribution in [0.15, 0.2) is 12.5 Å². The Hall–Kier alpha value is -0.830. The fourth-order valence-electron chi connectivity index (χ4n) is 2.20. The zero-order chi connectivity index (χ0) is 9.26. The van der Waals surface area contributed by atoms with Crippen molar-refractivity contribution in [1.29, 1.82) is 0 Å². The molecule has 0 amide bonds. The Balaban J connectivity index is 2.19. The molecular formula is C10H17N3. The van der Waals surface area contributed by atoms with E-state index < -0.39 is 0 Å². The summed E-state index contributed by atoms with van der Waals surface area (Å²) < 4.78 is 2.23. The Morgan fingerprint density at radius 2 is 2.23 bits per heavy atom. The Morgan fingerprint density at radius 1 is 1.46 bits per heavy atom. The highest BCUT2D eigenvalue weighted by Crippen LogP contribution is 2.27. The Labute approximate surface area is 79.0 Å². The van der Waals surface area contributed by atoms with Crippen molar-refractivity contribution in [1.82, 2.24) is 9.55 Å². The normalized spacial score (nSPS) is 29.1. The minimum absolute atomic E-state index is 0.321. The van der Waals surface area contributed by atoms with Crippen molar-refractivity contribution in [3.8, 4) is 0 Å². The maximum Gasteiger partial charge on any atom is 0.0951 e. The van der Waals surface area contributed by atoms with Gasteiger partial charge in [0.15, 0.2) is 0 Å². The highest BCUT2D eigenvalue weighted by molar-refractivity contribution is 4.99. The largest absolute Gasteiger partial charge is 0.330 e. The van der Waals surface area contributed by atoms with Crippen molar-refractivity contribution in [3.63, 3.8) is 0 Å². The van der Waals surface area contributed by atoms with Crippen LogP contribution in [0.3, 0.4) is 0 Å². The number of hydrogen-bond acceptors (Lipinski definition) is 2. The predicted molar refractivity (Wildman–Crippen MR) is 52.4 cm³/mol. The van der Waals surface area contributed by atoms with E-state index in [1.54, 1.807) is 0 Å². The van der Waals surface area contributed by atoms with E-state index in [1.807, 2.05) is 12.5 Å². The summed E-state index contributed by atoms with van der Waals surface area (Å²) in [5.74, 6) is 0. The molecule has 72 valence electrons. The van der Waals surface area contributed by atoms with Gasteiger partial charge in [0.25, 0.3) is 0 Å². The molecular weight excluding hydrogens is 162 g/mol. The van der Waals surface area contributed by atoms with Crippen molar-refractivity contribution in [2.45, 2.75) is 44.7 Å². The minimum Gasteiger partial charge on any atom is -0.330 e. The Bertz CT molecular complexity index is 279. The fourth-order valence-corrected chi connectivity index (χ4v) is 2.20. The molecule has 2 N–H and O–H groups in total. The van der Waals surface area contributed by atoms with Gasteiger partial charge in [-0.25, -0.2) is 4.98 Å². The van der Waals surface area contributed by atoms with Gasteiger partial charge in [-0.3, -0.25) is 0 Å². The number of aryl methyl sites for hydroxylation is 1. The van der Waals surface area contributed by atoms with Crippen LogP contribution in [0, 0.1) is 6.92 Å². The van der Waals surface area contributed by atoms with E-state index in [9.17, 15) is 0 Å². The molecule has 1 aromatic rings. The minimum atomic E-state index is 0.321. The molecule has 2 atom stereocenters. The molecule has 1 saturated carbocycles. The smallest absolute Gasteiger partial charge is 0.0951 e. The van der Waals surface area contributed by atoms with Crippen molar-refractivity contribution >= 4 is 0 Å². The van der Waals surface area contributed by atoms with Gasteiger partial charge >= 0.3 is 0 Å². The maximum atomic E-state index is 6.09. The molecule has 0 aromatic carbocycles. The van der Waals surface area contributed by atoms with Gasteiger partial charge in [0.05, 0.1) is 6.33 Å². The lowest BCUT2D eigenvalue weighted by molar-refractivity contribution is 0.302. The third-order valence-electron chi connectivity index (χ3n) is 3.00. The van der Waals surface area contributed by atoms with E-state index in [-0.39, 0.29) is 0 Å². The second-order valence-electron chi connectivity index (χ2n) is 3.96. The molecule has 1 aromatic heterocycles. The monoisotopic (exact) mass is 179 g/mol. The average Bonchev–Trinajstić information content (AvgIpc) is 2.52. The molecule has 0 radical (unpaired) electrons. The van der Waals surface area contributed by atoms with Gasteiger partial charge in [0, 0.05) is 24.0 Å². The van der Waals surface area contributed by atoms with Gasteiger partial charge < -0.3 is 10.3 Å². The summed E-state index contributed by atoms with van der Waals surface area (Å²) in [5, 5.41) is 0. The number of hydrogen-bond donors (Lipinski definition) is 1. The summed E-state index contributed by atoms with van der Waals surface area (Å²) in [5.41, 5.74) is 7.31. The highest BCUT2D eigenvalue weighted by atomic mass is 15.1. The standard InChI is InChI=1S/C10H17N3/c1-8-6-12-7-13(8)10-5-3-2-4-9(10)11/h6-7,9-10H,2-5,11H2,1H3. The molecule has 0 spiro atoms. The maximum absolute atomic E-state index is 6.09. The third kappa shape index (κ3) is 1.61. The summed E-state index contributed by atoms with van der Waals surface area (Å²) >= 11 is 0. The van der Waals surface area contributed by atoms with E-state index >= 15 is 0 Å². The SMILES string of the molecule is Cc1cncn1C1CCCCC1N. The van der Waals surface area contributed by atoms with E-state index in [4.69, 9.17) is 5.73 Å². The van der Waals surface area contributed by atoms with Crippen LogP contribution >= 0.6 is 0 Å². The third-order valence-corrected chi connectivity index (χ3v) is 3.00. The van der Waals surface area contributed by atoms with Crippen LogP contribution in [0.5, 0.6) is 0 Å². The van der Waals surface area contributed by atoms with Crippen LogP contribution < -0.4 is 5.73 Å². The van der Waals surface area contributed by atoms with Crippen molar-refractivity contribution in [2.75, 3.05) is 0 Å². The lowest BCUT2D eigenvalue weighted by Crippen LogP contribution is -2.35. The molecule has 0 aliphatic heterocycles. The first-order valence-corrected chi connectivity index (χ1v) is 5.03. The van der Waals surface area contributed by atoms with Gasteiger partial charge in [-0.1, -0.05) is 12.8 Å². The van der Waals surface area contributed by atoms with Crippen LogP contribution in [0.2, 0.25) is 0 Å². The Kier molecular flexibility index (Phi) is 2.36. The lowest BCUT2D eigenvalue weighted by atomic mass is 9.91. The van der Waals surface area contributed by atoms with Crippen LogP contribution in [-0.4, -0.2) is 15.6 Å². The van der Waals surface area contributed by atoms with Crippen LogP contribution in [0.4, 0.5) is 0 Å². The summed E-state index contributed by atoms with van der Waals surface area (Å²) in [6.07, 6.45) is 8.76. The summed E-state index contributed by atoms with van der Waals surface area (Å²) in [7, 11) is 0. The van der Waals surface area contributed by atoms with Gasteiger partial charge in [-0.2, -0.15) is 0 Å². The first kappa shape index (κ1) is 8.75. The summed E-state index contributed by atoms with van der Waals surface area (Å²) in [4.78, 5) is 4.14. The van der Waals surface area contributed by atoms with Crippen molar-refractivity contribution in [3.05, 3.63) is 18.2 Å². The highest BCUT2D eigenvalue weighted by Gasteiger charge is 2.23. The van der Waals surface area contributed by atoms with Crippen LogP contribution in [0.1, 0.15) is 37.4 Å². The second kappa shape index (κ2) is 3.50. The zero-order valence-corrected chi connectivity index (χ0v) is 8.11. The quantitative estimate of drug-likeness (QED) is 0.712. The number of nitrogens with zero attached hydrogens (tertiary/aromatic N) is 2. The second-order valence-corrected chi connectivity index (χ2v) is 3.96. The molecule has 2 unspecified atom stereocenters. The molecule has 0 bridgehead atoms. The van der Waals surface area contributed by atoms with Crippen molar-refractivity contribution in [2.24, 2.45) is 5.73 Å². The average molecular weight is 179 g/mol. The molecule has 1 aliphatic rings. The van der Waals surface area contributed by atoms with Crippen LogP contribution in [0.25, 0.3) is 0 Å². The van der Waals surface area contributed by atoms with Crippen molar-refractivity contribution < 1.29 is 0 Å². The zero-order valence-electron chi connectivity index (χ0n) is 8.11. The molecule has 1 aliphatic carbocycles. The van der Waals surface area contributed by atoms with Gasteiger partial charge in [-0.15, -0.1) is 0 Å². The van der Waals surface area contributed by atoms with E-state index in [0.717, 1.165) is 6.42 Å². The van der Waals surface area contributed by atoms with E-state index in [0.29, 0.717) is 12.1 Å². The summed E-state index contributed by atoms with van der Waals surface area (Å²) in [6, 6.07) is 0.804. The molecule has 13 heavy (non-hydrogen) atoms. The fraction of sp³-hybridized carbons (Fsp3) is 0.700. The molecule has 3 heteroatoms. The van der Waals surface area contributed by atoms with Crippen LogP contribution in [-0.2, 0) is 0 Å². The molecule has 1 fully saturated rings. The van der Waals surface area contributed by atoms with Gasteiger partial charge in [0.1, 0.15) is 0 Å². The number of imidazole rings is 1. The first-order chi connectivity index (χ1) is 6.29. The molecule has 0 saturated heterocycles. The van der Waals surface area contributed by atoms with E-state index in [1.165, 1.54) is 25.0 Å². The molecule has 1 heterocycles. The molecule has 2 rings (SSSR count). The lowest BCUT2D eigenvalue weighted by Gasteiger charge is -2.30. The first-order valence-electron chi connectivity index (χ1n) is 5.03. The van der Waals surface area contributed by atoms with Gasteiger partial charge in [0.2, 0.25) is 0 Å². The number of nitrogens with two attached hydrogens (primary N) is 1. The number of rotatable bonds is 1. The summed E-state index contributed by atoms with van der Waals surface area (Å²) in [6.45, 7) is 2.09. The van der Waals surface area contributed by atoms with Gasteiger partial charge in [-0.05, 0) is 19.8 Å². The predicted octanol–water partition coefficient (Wildman–Crippen LogP) is 1.63. The molecule has 3 nitrogen and oxygen atoms in total.